The van der Waals surface area contributed by atoms with Crippen molar-refractivity contribution in [1.29, 1.82) is 0 Å². The van der Waals surface area contributed by atoms with Crippen molar-refractivity contribution in [2.24, 2.45) is 5.73 Å². The Bertz CT molecular complexity index is 850. The van der Waals surface area contributed by atoms with E-state index in [9.17, 15) is 14.4 Å². The van der Waals surface area contributed by atoms with Crippen LogP contribution < -0.4 is 11.1 Å². The number of benzene rings is 2. The molecule has 0 saturated carbocycles. The normalized spacial score (nSPS) is 12.7. The number of primary amides is 1. The maximum Gasteiger partial charge on any atom is 0.312 e. The van der Waals surface area contributed by atoms with Crippen LogP contribution in [0.1, 0.15) is 60.1 Å². The highest BCUT2D eigenvalue weighted by molar-refractivity contribution is 6.30. The van der Waals surface area contributed by atoms with Gasteiger partial charge in [0, 0.05) is 10.6 Å². The van der Waals surface area contributed by atoms with E-state index in [1.165, 1.54) is 0 Å². The van der Waals surface area contributed by atoms with E-state index in [0.717, 1.165) is 12.0 Å². The predicted octanol–water partition coefficient (Wildman–Crippen LogP) is 4.38. The number of carbonyl (C=O) groups is 3. The number of hydrogen-bond acceptors (Lipinski definition) is 4. The number of nitrogens with one attached hydrogen (secondary N) is 1. The summed E-state index contributed by atoms with van der Waals surface area (Å²) in [4.78, 5) is 35.7. The largest absolute Gasteiger partial charge is 0.457 e. The van der Waals surface area contributed by atoms with Crippen molar-refractivity contribution in [3.63, 3.8) is 0 Å². The van der Waals surface area contributed by atoms with E-state index in [1.54, 1.807) is 36.4 Å². The lowest BCUT2D eigenvalue weighted by atomic mass is 9.97. The van der Waals surface area contributed by atoms with Gasteiger partial charge in [0.1, 0.15) is 0 Å². The number of amides is 2. The first-order chi connectivity index (χ1) is 13.8. The molecule has 0 unspecified atom stereocenters. The summed E-state index contributed by atoms with van der Waals surface area (Å²) >= 11 is 5.86. The van der Waals surface area contributed by atoms with E-state index in [4.69, 9.17) is 22.1 Å². The van der Waals surface area contributed by atoms with Crippen LogP contribution in [0.3, 0.4) is 0 Å². The number of rotatable bonds is 9. The summed E-state index contributed by atoms with van der Waals surface area (Å²) < 4.78 is 5.11. The lowest BCUT2D eigenvalue weighted by Crippen LogP contribution is -2.34. The third kappa shape index (κ3) is 6.91. The van der Waals surface area contributed by atoms with Crippen LogP contribution in [-0.4, -0.2) is 24.4 Å². The number of halogens is 1. The van der Waals surface area contributed by atoms with Crippen LogP contribution >= 0.6 is 11.6 Å². The summed E-state index contributed by atoms with van der Waals surface area (Å²) in [6.45, 7) is 3.86. The minimum absolute atomic E-state index is 0.162. The van der Waals surface area contributed by atoms with Crippen LogP contribution in [0, 0.1) is 0 Å². The molecule has 0 aliphatic carbocycles. The average molecular weight is 417 g/mol. The lowest BCUT2D eigenvalue weighted by molar-refractivity contribution is -0.143. The quantitative estimate of drug-likeness (QED) is 0.468. The van der Waals surface area contributed by atoms with Crippen molar-refractivity contribution in [3.05, 3.63) is 70.2 Å². The molecule has 2 rings (SSSR count). The van der Waals surface area contributed by atoms with Crippen LogP contribution in [0.5, 0.6) is 0 Å². The first-order valence-electron chi connectivity index (χ1n) is 9.40. The second kappa shape index (κ2) is 10.6. The fraction of sp³-hybridized carbons (Fsp3) is 0.318. The number of ketones is 1. The number of hydrogen-bond donors (Lipinski definition) is 2. The van der Waals surface area contributed by atoms with E-state index >= 15 is 0 Å². The van der Waals surface area contributed by atoms with Crippen LogP contribution in [0.15, 0.2) is 48.5 Å². The first-order valence-corrected chi connectivity index (χ1v) is 9.78. The summed E-state index contributed by atoms with van der Waals surface area (Å²) in [5.74, 6) is -0.497. The van der Waals surface area contributed by atoms with Crippen molar-refractivity contribution < 1.29 is 19.1 Å². The number of Topliss-reactive ketones (excluding diaryl/α,β-unsaturated/α-hetero) is 1. The molecule has 7 heteroatoms. The summed E-state index contributed by atoms with van der Waals surface area (Å²) in [5, 5.41) is 3.03. The zero-order chi connectivity index (χ0) is 21.4. The average Bonchev–Trinajstić information content (AvgIpc) is 2.71. The maximum atomic E-state index is 12.3. The van der Waals surface area contributed by atoms with E-state index in [-0.39, 0.29) is 18.8 Å². The van der Waals surface area contributed by atoms with Gasteiger partial charge < -0.3 is 15.8 Å². The second-order valence-electron chi connectivity index (χ2n) is 6.83. The molecule has 6 nitrogen and oxygen atoms in total. The van der Waals surface area contributed by atoms with E-state index in [0.29, 0.717) is 22.1 Å². The lowest BCUT2D eigenvalue weighted by Gasteiger charge is -2.17. The zero-order valence-electron chi connectivity index (χ0n) is 16.5. The number of urea groups is 1. The van der Waals surface area contributed by atoms with Crippen LogP contribution in [0.2, 0.25) is 5.02 Å². The molecule has 2 aromatic carbocycles. The van der Waals surface area contributed by atoms with E-state index in [2.05, 4.69) is 19.2 Å². The van der Waals surface area contributed by atoms with Gasteiger partial charge in [-0.05, 0) is 35.6 Å². The van der Waals surface area contributed by atoms with Gasteiger partial charge in [-0.3, -0.25) is 9.59 Å². The molecule has 2 amide bonds. The molecular weight excluding hydrogens is 392 g/mol. The number of nitrogens with two attached hydrogens (primary N) is 1. The van der Waals surface area contributed by atoms with Gasteiger partial charge in [-0.2, -0.15) is 0 Å². The van der Waals surface area contributed by atoms with E-state index in [1.807, 2.05) is 12.1 Å². The zero-order valence-corrected chi connectivity index (χ0v) is 17.2. The maximum absolute atomic E-state index is 12.3. The molecule has 0 aliphatic heterocycles. The van der Waals surface area contributed by atoms with Gasteiger partial charge in [-0.15, -0.1) is 0 Å². The van der Waals surface area contributed by atoms with Crippen molar-refractivity contribution in [2.75, 3.05) is 6.61 Å². The van der Waals surface area contributed by atoms with Crippen molar-refractivity contribution >= 4 is 29.4 Å². The highest BCUT2D eigenvalue weighted by atomic mass is 35.5. The summed E-state index contributed by atoms with van der Waals surface area (Å²) in [7, 11) is 0. The Morgan fingerprint density at radius 1 is 1.03 bits per heavy atom. The molecule has 0 aliphatic rings. The van der Waals surface area contributed by atoms with Gasteiger partial charge in [0.25, 0.3) is 0 Å². The van der Waals surface area contributed by atoms with Gasteiger partial charge in [-0.1, -0.05) is 61.8 Å². The molecule has 0 fully saturated rings. The molecule has 2 atom stereocenters. The fourth-order valence-corrected chi connectivity index (χ4v) is 2.93. The molecule has 0 bridgehead atoms. The van der Waals surface area contributed by atoms with Gasteiger partial charge >= 0.3 is 12.0 Å². The summed E-state index contributed by atoms with van der Waals surface area (Å²) in [5.41, 5.74) is 7.48. The van der Waals surface area contributed by atoms with Crippen LogP contribution in [0.25, 0.3) is 0 Å². The highest BCUT2D eigenvalue weighted by Gasteiger charge is 2.19. The van der Waals surface area contributed by atoms with Gasteiger partial charge in [0.15, 0.2) is 12.4 Å². The molecule has 29 heavy (non-hydrogen) atoms. The summed E-state index contributed by atoms with van der Waals surface area (Å²) in [6, 6.07) is 12.5. The number of esters is 1. The van der Waals surface area contributed by atoms with Crippen LogP contribution in [-0.2, 0) is 9.53 Å². The standard InChI is InChI=1S/C22H25ClN2O4/c1-3-14(2)15-4-6-17(7-5-15)20(26)13-29-21(27)12-19(25-22(24)28)16-8-10-18(23)11-9-16/h4-11,14,19H,3,12-13H2,1-2H3,(H3,24,25,28)/t14-,19+/m1/s1. The topological polar surface area (TPSA) is 98.5 Å². The third-order valence-electron chi connectivity index (χ3n) is 4.74. The Hall–Kier alpha value is -2.86. The summed E-state index contributed by atoms with van der Waals surface area (Å²) in [6.07, 6.45) is 0.851. The Kier molecular flexibility index (Phi) is 8.21. The van der Waals surface area contributed by atoms with Gasteiger partial charge in [-0.25, -0.2) is 4.79 Å². The highest BCUT2D eigenvalue weighted by Crippen LogP contribution is 2.21. The number of carbonyl (C=O) groups excluding carboxylic acids is 3. The first kappa shape index (κ1) is 22.4. The molecule has 2 aromatic rings. The van der Waals surface area contributed by atoms with Crippen molar-refractivity contribution in [2.45, 2.75) is 38.6 Å². The minimum Gasteiger partial charge on any atom is -0.457 e. The van der Waals surface area contributed by atoms with E-state index < -0.39 is 18.0 Å². The molecule has 3 N–H and O–H groups in total. The molecule has 0 spiro atoms. The molecule has 0 saturated heterocycles. The number of ether oxygens (including phenoxy) is 1. The van der Waals surface area contributed by atoms with Crippen molar-refractivity contribution in [3.8, 4) is 0 Å². The second-order valence-corrected chi connectivity index (χ2v) is 7.27. The Labute approximate surface area is 175 Å². The predicted molar refractivity (Wildman–Crippen MR) is 112 cm³/mol. The molecule has 0 aromatic heterocycles. The smallest absolute Gasteiger partial charge is 0.312 e. The Morgan fingerprint density at radius 3 is 2.17 bits per heavy atom. The Balaban J connectivity index is 1.94. The Morgan fingerprint density at radius 2 is 1.62 bits per heavy atom. The fourth-order valence-electron chi connectivity index (χ4n) is 2.81. The molecule has 0 radical (unpaired) electrons. The molecule has 154 valence electrons. The SMILES string of the molecule is CC[C@@H](C)c1ccc(C(=O)COC(=O)C[C@H](NC(N)=O)c2ccc(Cl)cc2)cc1. The molecular formula is C22H25ClN2O4. The van der Waals surface area contributed by atoms with Gasteiger partial charge in [0.05, 0.1) is 12.5 Å². The van der Waals surface area contributed by atoms with Crippen molar-refractivity contribution in [1.82, 2.24) is 5.32 Å². The van der Waals surface area contributed by atoms with Crippen LogP contribution in [0.4, 0.5) is 4.79 Å². The minimum atomic E-state index is -0.768. The monoisotopic (exact) mass is 416 g/mol. The van der Waals surface area contributed by atoms with Gasteiger partial charge in [0.2, 0.25) is 0 Å². The molecule has 0 heterocycles. The third-order valence-corrected chi connectivity index (χ3v) is 4.99.